The Morgan fingerprint density at radius 3 is 1.21 bits per heavy atom. The van der Waals surface area contributed by atoms with Crippen molar-refractivity contribution in [2.24, 2.45) is 0 Å². The van der Waals surface area contributed by atoms with Crippen LogP contribution in [0.5, 0.6) is 11.5 Å². The molecule has 4 aromatic rings. The van der Waals surface area contributed by atoms with E-state index in [4.69, 9.17) is 9.47 Å². The Morgan fingerprint density at radius 2 is 0.897 bits per heavy atom. The average Bonchev–Trinajstić information content (AvgIpc) is 2.99. The SMILES string of the molecule is COc1ccc(C(NC(=O)c2ccccc2)S(=O)(=O)C(NC(=O)c2ccccc2)c2ccc(OC)cc2)cc1. The standard InChI is InChI=1S/C30H28N2O6S/c1-37-25-17-13-23(14-18-25)29(31-27(33)21-9-5-3-6-10-21)39(35,36)30(24-15-19-26(38-2)20-16-24)32-28(34)22-11-7-4-8-12-22/h3-20,29-30H,1-2H3,(H,31,33)(H,32,34). The molecule has 4 rings (SSSR count). The highest BCUT2D eigenvalue weighted by Crippen LogP contribution is 2.33. The molecule has 0 aliphatic heterocycles. The van der Waals surface area contributed by atoms with Crippen molar-refractivity contribution < 1.29 is 27.5 Å². The van der Waals surface area contributed by atoms with Crippen LogP contribution in [-0.4, -0.2) is 34.5 Å². The zero-order chi connectivity index (χ0) is 27.8. The first kappa shape index (κ1) is 27.4. The van der Waals surface area contributed by atoms with Crippen molar-refractivity contribution in [3.63, 3.8) is 0 Å². The van der Waals surface area contributed by atoms with Gasteiger partial charge in [0.05, 0.1) is 14.2 Å². The van der Waals surface area contributed by atoms with E-state index in [1.807, 2.05) is 0 Å². The van der Waals surface area contributed by atoms with Gasteiger partial charge in [-0.3, -0.25) is 9.59 Å². The molecule has 4 aromatic carbocycles. The molecule has 8 nitrogen and oxygen atoms in total. The van der Waals surface area contributed by atoms with Gasteiger partial charge in [-0.2, -0.15) is 0 Å². The first-order chi connectivity index (χ1) is 18.8. The van der Waals surface area contributed by atoms with E-state index in [0.717, 1.165) is 0 Å². The quantitative estimate of drug-likeness (QED) is 0.300. The number of ether oxygens (including phenoxy) is 2. The van der Waals surface area contributed by atoms with Crippen LogP contribution >= 0.6 is 0 Å². The van der Waals surface area contributed by atoms with Gasteiger partial charge in [0.25, 0.3) is 11.8 Å². The third-order valence-corrected chi connectivity index (χ3v) is 8.18. The molecule has 2 N–H and O–H groups in total. The summed E-state index contributed by atoms with van der Waals surface area (Å²) >= 11 is 0. The number of rotatable bonds is 10. The van der Waals surface area contributed by atoms with Gasteiger partial charge in [0.15, 0.2) is 10.7 Å². The van der Waals surface area contributed by atoms with Crippen molar-refractivity contribution in [2.45, 2.75) is 10.7 Å². The molecule has 0 aliphatic rings. The summed E-state index contributed by atoms with van der Waals surface area (Å²) in [5.41, 5.74) is 1.18. The number of benzene rings is 4. The highest BCUT2D eigenvalue weighted by molar-refractivity contribution is 7.91. The Bertz CT molecular complexity index is 1400. The van der Waals surface area contributed by atoms with Crippen molar-refractivity contribution in [3.8, 4) is 11.5 Å². The van der Waals surface area contributed by atoms with Gasteiger partial charge in [-0.1, -0.05) is 60.7 Å². The van der Waals surface area contributed by atoms with Crippen LogP contribution < -0.4 is 20.1 Å². The maximum atomic E-state index is 14.4. The predicted molar refractivity (Wildman–Crippen MR) is 148 cm³/mol. The van der Waals surface area contributed by atoms with Crippen molar-refractivity contribution >= 4 is 21.7 Å². The van der Waals surface area contributed by atoms with Crippen LogP contribution in [-0.2, 0) is 9.84 Å². The van der Waals surface area contributed by atoms with Gasteiger partial charge < -0.3 is 20.1 Å². The minimum Gasteiger partial charge on any atom is -0.497 e. The van der Waals surface area contributed by atoms with Crippen LogP contribution in [0, 0.1) is 0 Å². The molecule has 0 heterocycles. The lowest BCUT2D eigenvalue weighted by molar-refractivity contribution is 0.0945. The summed E-state index contributed by atoms with van der Waals surface area (Å²) < 4.78 is 39.2. The van der Waals surface area contributed by atoms with Crippen LogP contribution in [0.1, 0.15) is 42.6 Å². The minimum atomic E-state index is -4.36. The van der Waals surface area contributed by atoms with Gasteiger partial charge in [0.1, 0.15) is 11.5 Å². The summed E-state index contributed by atoms with van der Waals surface area (Å²) in [7, 11) is -1.36. The minimum absolute atomic E-state index is 0.292. The molecule has 0 fully saturated rings. The van der Waals surface area contributed by atoms with E-state index in [-0.39, 0.29) is 0 Å². The summed E-state index contributed by atoms with van der Waals surface area (Å²) in [6.07, 6.45) is 0. The van der Waals surface area contributed by atoms with Gasteiger partial charge in [0.2, 0.25) is 9.84 Å². The van der Waals surface area contributed by atoms with Crippen LogP contribution in [0.4, 0.5) is 0 Å². The van der Waals surface area contributed by atoms with E-state index in [2.05, 4.69) is 10.6 Å². The lowest BCUT2D eigenvalue weighted by Gasteiger charge is -2.27. The van der Waals surface area contributed by atoms with Crippen molar-refractivity contribution in [1.82, 2.24) is 10.6 Å². The topological polar surface area (TPSA) is 111 Å². The maximum Gasteiger partial charge on any atom is 0.252 e. The highest BCUT2D eigenvalue weighted by atomic mass is 32.2. The number of carbonyl (C=O) groups excluding carboxylic acids is 2. The summed E-state index contributed by atoms with van der Waals surface area (Å²) in [5, 5.41) is 2.34. The van der Waals surface area contributed by atoms with Crippen LogP contribution in [0.2, 0.25) is 0 Å². The smallest absolute Gasteiger partial charge is 0.252 e. The number of nitrogens with one attached hydrogen (secondary N) is 2. The maximum absolute atomic E-state index is 14.4. The molecule has 0 aromatic heterocycles. The molecule has 0 saturated carbocycles. The van der Waals surface area contributed by atoms with E-state index >= 15 is 0 Å². The molecule has 200 valence electrons. The number of amides is 2. The predicted octanol–water partition coefficient (Wildman–Crippen LogP) is 4.68. The second-order valence-corrected chi connectivity index (χ2v) is 10.7. The fourth-order valence-electron chi connectivity index (χ4n) is 3.99. The van der Waals surface area contributed by atoms with Gasteiger partial charge in [-0.05, 0) is 59.7 Å². The molecule has 0 saturated heterocycles. The zero-order valence-electron chi connectivity index (χ0n) is 21.4. The number of hydrogen-bond donors (Lipinski definition) is 2. The molecule has 0 bridgehead atoms. The molecular formula is C30H28N2O6S. The summed E-state index contributed by atoms with van der Waals surface area (Å²) in [6.45, 7) is 0. The Labute approximate surface area is 227 Å². The van der Waals surface area contributed by atoms with Gasteiger partial charge in [-0.15, -0.1) is 0 Å². The van der Waals surface area contributed by atoms with Crippen LogP contribution in [0.15, 0.2) is 109 Å². The van der Waals surface area contributed by atoms with Gasteiger partial charge >= 0.3 is 0 Å². The molecule has 0 radical (unpaired) electrons. The fourth-order valence-corrected chi connectivity index (χ4v) is 5.88. The Morgan fingerprint density at radius 1 is 0.564 bits per heavy atom. The number of methoxy groups -OCH3 is 2. The molecule has 2 amide bonds. The van der Waals surface area contributed by atoms with Crippen molar-refractivity contribution in [1.29, 1.82) is 0 Å². The lowest BCUT2D eigenvalue weighted by Crippen LogP contribution is -2.42. The third kappa shape index (κ3) is 6.45. The summed E-state index contributed by atoms with van der Waals surface area (Å²) in [6, 6.07) is 29.3. The Hall–Kier alpha value is -4.63. The van der Waals surface area contributed by atoms with E-state index in [1.54, 1.807) is 109 Å². The van der Waals surface area contributed by atoms with Crippen LogP contribution in [0.25, 0.3) is 0 Å². The number of carbonyl (C=O) groups is 2. The van der Waals surface area contributed by atoms with E-state index in [0.29, 0.717) is 33.8 Å². The van der Waals surface area contributed by atoms with Gasteiger partial charge in [-0.25, -0.2) is 8.42 Å². The Balaban J connectivity index is 1.80. The van der Waals surface area contributed by atoms with Gasteiger partial charge in [0, 0.05) is 11.1 Å². The molecule has 0 aliphatic carbocycles. The molecular weight excluding hydrogens is 516 g/mol. The number of sulfone groups is 1. The first-order valence-corrected chi connectivity index (χ1v) is 13.7. The molecule has 9 heteroatoms. The molecule has 2 unspecified atom stereocenters. The Kier molecular flexibility index (Phi) is 8.63. The zero-order valence-corrected chi connectivity index (χ0v) is 22.2. The van der Waals surface area contributed by atoms with E-state index in [1.165, 1.54) is 14.2 Å². The second kappa shape index (κ2) is 12.3. The second-order valence-electron chi connectivity index (χ2n) is 8.57. The summed E-state index contributed by atoms with van der Waals surface area (Å²) in [4.78, 5) is 26.4. The van der Waals surface area contributed by atoms with E-state index in [9.17, 15) is 18.0 Å². The highest BCUT2D eigenvalue weighted by Gasteiger charge is 2.39. The van der Waals surface area contributed by atoms with E-state index < -0.39 is 32.4 Å². The molecule has 2 atom stereocenters. The lowest BCUT2D eigenvalue weighted by atomic mass is 10.2. The molecule has 39 heavy (non-hydrogen) atoms. The fraction of sp³-hybridized carbons (Fsp3) is 0.133. The average molecular weight is 545 g/mol. The monoisotopic (exact) mass is 544 g/mol. The number of hydrogen-bond acceptors (Lipinski definition) is 6. The third-order valence-electron chi connectivity index (χ3n) is 6.09. The van der Waals surface area contributed by atoms with Crippen LogP contribution in [0.3, 0.4) is 0 Å². The molecule has 0 spiro atoms. The normalized spacial score (nSPS) is 12.6. The van der Waals surface area contributed by atoms with Crippen molar-refractivity contribution in [2.75, 3.05) is 14.2 Å². The summed E-state index contributed by atoms with van der Waals surface area (Å²) in [5.74, 6) is -0.118. The first-order valence-electron chi connectivity index (χ1n) is 12.1. The largest absolute Gasteiger partial charge is 0.497 e. The van der Waals surface area contributed by atoms with Crippen molar-refractivity contribution in [3.05, 3.63) is 131 Å².